The van der Waals surface area contributed by atoms with E-state index in [-0.39, 0.29) is 36.2 Å². The first-order valence-corrected chi connectivity index (χ1v) is 9.42. The van der Waals surface area contributed by atoms with Gasteiger partial charge in [0.1, 0.15) is 12.2 Å². The first-order valence-electron chi connectivity index (χ1n) is 9.42. The molecule has 3 aliphatic heterocycles. The molecule has 7 nitrogen and oxygen atoms in total. The number of carbonyl (C=O) groups is 3. The first-order chi connectivity index (χ1) is 12.5. The molecule has 1 aromatic heterocycles. The zero-order chi connectivity index (χ0) is 18.4. The van der Waals surface area contributed by atoms with Gasteiger partial charge < -0.3 is 19.3 Å². The third-order valence-electron chi connectivity index (χ3n) is 5.82. The van der Waals surface area contributed by atoms with Gasteiger partial charge in [0.05, 0.1) is 5.92 Å². The van der Waals surface area contributed by atoms with E-state index >= 15 is 0 Å². The van der Waals surface area contributed by atoms with Crippen LogP contribution in [-0.2, 0) is 9.59 Å². The van der Waals surface area contributed by atoms with Gasteiger partial charge >= 0.3 is 0 Å². The lowest BCUT2D eigenvalue weighted by Gasteiger charge is -2.35. The zero-order valence-electron chi connectivity index (χ0n) is 15.4. The Hall–Kier alpha value is -2.31. The molecule has 0 unspecified atom stereocenters. The summed E-state index contributed by atoms with van der Waals surface area (Å²) < 4.78 is 2.07. The van der Waals surface area contributed by atoms with Crippen LogP contribution in [0, 0.1) is 5.92 Å². The van der Waals surface area contributed by atoms with E-state index in [0.29, 0.717) is 19.1 Å². The van der Waals surface area contributed by atoms with E-state index in [4.69, 9.17) is 0 Å². The van der Waals surface area contributed by atoms with Gasteiger partial charge in [-0.05, 0) is 37.8 Å². The second-order valence-electron chi connectivity index (χ2n) is 7.92. The van der Waals surface area contributed by atoms with Gasteiger partial charge in [0.15, 0.2) is 0 Å². The van der Waals surface area contributed by atoms with Crippen molar-refractivity contribution in [1.29, 1.82) is 0 Å². The summed E-state index contributed by atoms with van der Waals surface area (Å²) >= 11 is 0. The monoisotopic (exact) mass is 358 g/mol. The minimum atomic E-state index is -0.197. The average molecular weight is 358 g/mol. The van der Waals surface area contributed by atoms with Crippen LogP contribution in [0.25, 0.3) is 0 Å². The molecule has 1 aromatic rings. The molecule has 0 radical (unpaired) electrons. The Morgan fingerprint density at radius 3 is 2.54 bits per heavy atom. The van der Waals surface area contributed by atoms with Crippen LogP contribution in [0.15, 0.2) is 18.3 Å². The minimum absolute atomic E-state index is 0.00684. The average Bonchev–Trinajstić information content (AvgIpc) is 3.40. The summed E-state index contributed by atoms with van der Waals surface area (Å²) in [5, 5.41) is 0. The summed E-state index contributed by atoms with van der Waals surface area (Å²) in [4.78, 5) is 43.1. The molecule has 4 aliphatic rings. The van der Waals surface area contributed by atoms with Gasteiger partial charge in [0, 0.05) is 45.5 Å². The third-order valence-corrected chi connectivity index (χ3v) is 5.82. The van der Waals surface area contributed by atoms with Crippen LogP contribution in [-0.4, -0.2) is 76.8 Å². The Morgan fingerprint density at radius 2 is 1.85 bits per heavy atom. The van der Waals surface area contributed by atoms with Gasteiger partial charge in [0.25, 0.3) is 5.91 Å². The zero-order valence-corrected chi connectivity index (χ0v) is 15.4. The van der Waals surface area contributed by atoms with E-state index in [0.717, 1.165) is 31.4 Å². The van der Waals surface area contributed by atoms with Crippen molar-refractivity contribution < 1.29 is 14.4 Å². The number of amides is 3. The highest BCUT2D eigenvalue weighted by molar-refractivity contribution is 5.94. The molecule has 0 N–H and O–H groups in total. The van der Waals surface area contributed by atoms with Crippen LogP contribution in [0.2, 0.25) is 0 Å². The smallest absolute Gasteiger partial charge is 0.270 e. The van der Waals surface area contributed by atoms with Crippen molar-refractivity contribution >= 4 is 17.7 Å². The van der Waals surface area contributed by atoms with Crippen LogP contribution >= 0.6 is 0 Å². The molecule has 0 spiro atoms. The third kappa shape index (κ3) is 2.99. The fourth-order valence-corrected chi connectivity index (χ4v) is 4.11. The van der Waals surface area contributed by atoms with E-state index < -0.39 is 0 Å². The molecule has 3 saturated heterocycles. The number of fused-ring (bicyclic) bond motifs is 4. The largest absolute Gasteiger partial charge is 0.347 e. The summed E-state index contributed by atoms with van der Waals surface area (Å²) in [6, 6.07) is 4.18. The highest BCUT2D eigenvalue weighted by atomic mass is 16.2. The predicted molar refractivity (Wildman–Crippen MR) is 95.5 cm³/mol. The Morgan fingerprint density at radius 1 is 1.12 bits per heavy atom. The van der Waals surface area contributed by atoms with Gasteiger partial charge in [0.2, 0.25) is 11.8 Å². The molecule has 7 heteroatoms. The minimum Gasteiger partial charge on any atom is -0.347 e. The van der Waals surface area contributed by atoms with E-state index in [1.165, 1.54) is 4.90 Å². The van der Waals surface area contributed by atoms with Gasteiger partial charge in [-0.1, -0.05) is 0 Å². The fraction of sp³-hybridized carbons (Fsp3) is 0.632. The maximum absolute atomic E-state index is 13.1. The fourth-order valence-electron chi connectivity index (χ4n) is 4.11. The number of rotatable bonds is 4. The Labute approximate surface area is 153 Å². The molecule has 5 rings (SSSR count). The molecular formula is C19H26N4O3. The topological polar surface area (TPSA) is 65.9 Å². The molecule has 2 atom stereocenters. The lowest BCUT2D eigenvalue weighted by molar-refractivity contribution is -0.145. The molecule has 2 bridgehead atoms. The number of hydrogen-bond acceptors (Lipinski definition) is 3. The number of nitrogens with zero attached hydrogens (tertiary/aromatic N) is 4. The quantitative estimate of drug-likeness (QED) is 0.806. The van der Waals surface area contributed by atoms with Crippen molar-refractivity contribution in [3.8, 4) is 0 Å². The molecular weight excluding hydrogens is 332 g/mol. The highest BCUT2D eigenvalue weighted by Gasteiger charge is 2.43. The molecule has 140 valence electrons. The van der Waals surface area contributed by atoms with Gasteiger partial charge in [-0.15, -0.1) is 0 Å². The van der Waals surface area contributed by atoms with Crippen molar-refractivity contribution in [1.82, 2.24) is 19.3 Å². The second-order valence-corrected chi connectivity index (χ2v) is 7.92. The normalized spacial score (nSPS) is 25.4. The van der Waals surface area contributed by atoms with Crippen molar-refractivity contribution in [2.24, 2.45) is 5.92 Å². The lowest BCUT2D eigenvalue weighted by atomic mass is 9.94. The number of likely N-dealkylation sites (N-methyl/N-ethyl adjacent to an activating group) is 1. The summed E-state index contributed by atoms with van der Waals surface area (Å²) in [6.45, 7) is 1.07. The van der Waals surface area contributed by atoms with E-state index in [1.54, 1.807) is 19.0 Å². The highest BCUT2D eigenvalue weighted by Crippen LogP contribution is 2.37. The van der Waals surface area contributed by atoms with Crippen molar-refractivity contribution in [3.05, 3.63) is 24.0 Å². The summed E-state index contributed by atoms with van der Waals surface area (Å²) in [5.74, 6) is -0.250. The molecule has 0 aromatic carbocycles. The van der Waals surface area contributed by atoms with Crippen LogP contribution in [0.4, 0.5) is 0 Å². The Kier molecular flexibility index (Phi) is 4.25. The van der Waals surface area contributed by atoms with E-state index in [2.05, 4.69) is 4.57 Å². The van der Waals surface area contributed by atoms with Gasteiger partial charge in [-0.2, -0.15) is 0 Å². The maximum atomic E-state index is 13.1. The molecule has 1 aliphatic carbocycles. The van der Waals surface area contributed by atoms with Crippen LogP contribution in [0.1, 0.15) is 42.2 Å². The maximum Gasteiger partial charge on any atom is 0.270 e. The van der Waals surface area contributed by atoms with Crippen molar-refractivity contribution in [3.63, 3.8) is 0 Å². The molecule has 4 heterocycles. The standard InChI is InChI=1S/C19H26N4O3/c1-20(2)17(24)12-23-15-6-5-13(18(23)25)10-21(11-15)19(26)16-4-3-9-22(16)14-7-8-14/h3-4,9,13-15H,5-8,10-12H2,1-2H3/t13-,15+/m0/s1. The summed E-state index contributed by atoms with van der Waals surface area (Å²) in [5.41, 5.74) is 0.720. The Bertz CT molecular complexity index is 737. The summed E-state index contributed by atoms with van der Waals surface area (Å²) in [6.07, 6.45) is 5.87. The van der Waals surface area contributed by atoms with Gasteiger partial charge in [-0.25, -0.2) is 0 Å². The summed E-state index contributed by atoms with van der Waals surface area (Å²) in [7, 11) is 3.40. The lowest BCUT2D eigenvalue weighted by Crippen LogP contribution is -2.51. The number of piperidine rings is 1. The molecule has 3 amide bonds. The van der Waals surface area contributed by atoms with Crippen molar-refractivity contribution in [2.45, 2.75) is 37.8 Å². The first kappa shape index (κ1) is 17.1. The second kappa shape index (κ2) is 6.45. The number of hydrogen-bond donors (Lipinski definition) is 0. The molecule has 1 saturated carbocycles. The van der Waals surface area contributed by atoms with E-state index in [9.17, 15) is 14.4 Å². The van der Waals surface area contributed by atoms with Crippen LogP contribution in [0.5, 0.6) is 0 Å². The van der Waals surface area contributed by atoms with Gasteiger partial charge in [-0.3, -0.25) is 14.4 Å². The van der Waals surface area contributed by atoms with Crippen molar-refractivity contribution in [2.75, 3.05) is 33.7 Å². The number of carbonyl (C=O) groups excluding carboxylic acids is 3. The number of aromatic nitrogens is 1. The van der Waals surface area contributed by atoms with Crippen LogP contribution < -0.4 is 0 Å². The predicted octanol–water partition coefficient (Wildman–Crippen LogP) is 0.974. The molecule has 4 fully saturated rings. The van der Waals surface area contributed by atoms with Crippen LogP contribution in [0.3, 0.4) is 0 Å². The van der Waals surface area contributed by atoms with E-state index in [1.807, 2.05) is 23.2 Å². The molecule has 26 heavy (non-hydrogen) atoms. The Balaban J connectivity index is 1.54. The SMILES string of the molecule is CN(C)C(=O)CN1C(=O)[C@H]2CC[C@@H]1CN(C(=O)c1cccn1C1CC1)C2.